The Morgan fingerprint density at radius 2 is 1.91 bits per heavy atom. The molecule has 1 N–H and O–H groups in total. The zero-order valence-electron chi connectivity index (χ0n) is 18.9. The second-order valence-electron chi connectivity index (χ2n) is 9.52. The van der Waals surface area contributed by atoms with Gasteiger partial charge in [-0.15, -0.1) is 0 Å². The quantitative estimate of drug-likeness (QED) is 0.466. The van der Waals surface area contributed by atoms with Gasteiger partial charge in [0.1, 0.15) is 11.6 Å². The molecule has 0 saturated heterocycles. The van der Waals surface area contributed by atoms with E-state index in [1.165, 1.54) is 12.7 Å². The number of nitrogens with zero attached hydrogens (tertiary/aromatic N) is 1. The number of aromatic nitrogens is 1. The molecule has 0 radical (unpaired) electrons. The number of pyridine rings is 1. The Morgan fingerprint density at radius 3 is 2.56 bits per heavy atom. The Morgan fingerprint density at radius 1 is 1.16 bits per heavy atom. The molecule has 0 spiro atoms. The fraction of sp³-hybridized carbons (Fsp3) is 0.560. The summed E-state index contributed by atoms with van der Waals surface area (Å²) in [6.45, 7) is 2.03. The predicted octanol–water partition coefficient (Wildman–Crippen LogP) is 5.98. The minimum absolute atomic E-state index is 0.0920. The summed E-state index contributed by atoms with van der Waals surface area (Å²) in [7, 11) is -1.49. The highest BCUT2D eigenvalue weighted by Crippen LogP contribution is 2.50. The Kier molecular flexibility index (Phi) is 7.21. The molecule has 1 heterocycles. The molecule has 4 rings (SSSR count). The largest absolute Gasteiger partial charge is 0.497 e. The third-order valence-electron chi connectivity index (χ3n) is 6.87. The van der Waals surface area contributed by atoms with Crippen molar-refractivity contribution in [3.8, 4) is 11.6 Å². The van der Waals surface area contributed by atoms with Crippen molar-refractivity contribution in [2.75, 3.05) is 26.5 Å². The van der Waals surface area contributed by atoms with Gasteiger partial charge in [-0.2, -0.15) is 0 Å². The lowest BCUT2D eigenvalue weighted by Gasteiger charge is -2.29. The molecule has 2 fully saturated rings. The molecule has 2 saturated carbocycles. The van der Waals surface area contributed by atoms with Gasteiger partial charge in [0.2, 0.25) is 5.88 Å². The van der Waals surface area contributed by atoms with E-state index in [4.69, 9.17) is 9.47 Å². The maximum atomic E-state index is 14.3. The van der Waals surface area contributed by atoms with Crippen LogP contribution in [0.1, 0.15) is 61.5 Å². The standard InChI is InChI=1S/C25H33FNO4P/c1-30-21-9-10-24(26)22(14-21)18-5-3-17(4-6-18)15-31-25-13-20(11-12-27-25)23(19-7-8-19)16-32(2,28)29/h9-14,17-19,23H,3-8,15-16H2,1-2H3,(H,28,29)/t17?,18?,23-/m0/s1. The number of hydrogen-bond donors (Lipinski definition) is 1. The van der Waals surface area contributed by atoms with Crippen molar-refractivity contribution in [1.29, 1.82) is 0 Å². The lowest BCUT2D eigenvalue weighted by atomic mass is 9.79. The van der Waals surface area contributed by atoms with Crippen LogP contribution in [-0.2, 0) is 4.57 Å². The van der Waals surface area contributed by atoms with Gasteiger partial charge in [0.15, 0.2) is 7.37 Å². The minimum Gasteiger partial charge on any atom is -0.497 e. The van der Waals surface area contributed by atoms with Crippen molar-refractivity contribution in [2.45, 2.75) is 50.4 Å². The molecule has 7 heteroatoms. The normalized spacial score (nSPS) is 23.9. The van der Waals surface area contributed by atoms with Crippen molar-refractivity contribution in [3.05, 3.63) is 53.5 Å². The highest BCUT2D eigenvalue weighted by molar-refractivity contribution is 7.57. The van der Waals surface area contributed by atoms with Crippen LogP contribution in [0.3, 0.4) is 0 Å². The molecule has 2 aliphatic rings. The second kappa shape index (κ2) is 9.93. The number of halogens is 1. The topological polar surface area (TPSA) is 68.7 Å². The fourth-order valence-corrected chi connectivity index (χ4v) is 6.17. The summed E-state index contributed by atoms with van der Waals surface area (Å²) in [5.41, 5.74) is 1.80. The van der Waals surface area contributed by atoms with Gasteiger partial charge >= 0.3 is 0 Å². The smallest absolute Gasteiger partial charge is 0.213 e. The molecule has 174 valence electrons. The van der Waals surface area contributed by atoms with Crippen LogP contribution in [0.2, 0.25) is 0 Å². The van der Waals surface area contributed by atoms with Gasteiger partial charge in [-0.25, -0.2) is 9.37 Å². The van der Waals surface area contributed by atoms with Gasteiger partial charge in [-0.05, 0) is 97.6 Å². The van der Waals surface area contributed by atoms with Crippen LogP contribution in [0.25, 0.3) is 0 Å². The zero-order valence-corrected chi connectivity index (χ0v) is 19.8. The maximum Gasteiger partial charge on any atom is 0.213 e. The summed E-state index contributed by atoms with van der Waals surface area (Å²) in [5.74, 6) is 2.33. The van der Waals surface area contributed by atoms with Crippen LogP contribution in [0.5, 0.6) is 11.6 Å². The molecule has 1 unspecified atom stereocenters. The highest BCUT2D eigenvalue weighted by Gasteiger charge is 2.35. The first kappa shape index (κ1) is 23.3. The summed E-state index contributed by atoms with van der Waals surface area (Å²) >= 11 is 0. The van der Waals surface area contributed by atoms with Crippen molar-refractivity contribution in [1.82, 2.24) is 4.98 Å². The van der Waals surface area contributed by atoms with Crippen molar-refractivity contribution >= 4 is 7.37 Å². The lowest BCUT2D eigenvalue weighted by molar-refractivity contribution is 0.193. The van der Waals surface area contributed by atoms with Gasteiger partial charge < -0.3 is 14.4 Å². The molecular weight excluding hydrogens is 428 g/mol. The summed E-state index contributed by atoms with van der Waals surface area (Å²) in [6.07, 6.45) is 8.09. The van der Waals surface area contributed by atoms with Gasteiger partial charge in [0, 0.05) is 25.1 Å². The molecular formula is C25H33FNO4P. The van der Waals surface area contributed by atoms with Gasteiger partial charge in [0.25, 0.3) is 0 Å². The third-order valence-corrected chi connectivity index (χ3v) is 7.94. The third kappa shape index (κ3) is 6.11. The Balaban J connectivity index is 1.32. The summed E-state index contributed by atoms with van der Waals surface area (Å²) in [4.78, 5) is 14.3. The molecule has 1 aromatic carbocycles. The molecule has 0 aliphatic heterocycles. The molecule has 0 bridgehead atoms. The molecule has 2 atom stereocenters. The zero-order chi connectivity index (χ0) is 22.7. The highest BCUT2D eigenvalue weighted by atomic mass is 31.2. The predicted molar refractivity (Wildman–Crippen MR) is 123 cm³/mol. The summed E-state index contributed by atoms with van der Waals surface area (Å²) in [5, 5.41) is 0. The molecule has 2 aliphatic carbocycles. The van der Waals surface area contributed by atoms with E-state index in [2.05, 4.69) is 4.98 Å². The van der Waals surface area contributed by atoms with Crippen LogP contribution in [0.4, 0.5) is 4.39 Å². The van der Waals surface area contributed by atoms with Crippen molar-refractivity contribution < 1.29 is 23.3 Å². The molecule has 32 heavy (non-hydrogen) atoms. The fourth-order valence-electron chi connectivity index (χ4n) is 4.93. The molecule has 5 nitrogen and oxygen atoms in total. The monoisotopic (exact) mass is 461 g/mol. The van der Waals surface area contributed by atoms with Crippen LogP contribution >= 0.6 is 7.37 Å². The van der Waals surface area contributed by atoms with E-state index in [0.717, 1.165) is 49.7 Å². The first-order chi connectivity index (χ1) is 15.3. The van der Waals surface area contributed by atoms with E-state index in [1.54, 1.807) is 19.4 Å². The van der Waals surface area contributed by atoms with Gasteiger partial charge in [0.05, 0.1) is 13.7 Å². The van der Waals surface area contributed by atoms with E-state index in [9.17, 15) is 13.8 Å². The van der Waals surface area contributed by atoms with Gasteiger partial charge in [-0.1, -0.05) is 0 Å². The number of methoxy groups -OCH3 is 1. The van der Waals surface area contributed by atoms with Gasteiger partial charge in [-0.3, -0.25) is 4.57 Å². The number of ether oxygens (including phenoxy) is 2. The molecule has 0 amide bonds. The van der Waals surface area contributed by atoms with E-state index in [1.807, 2.05) is 18.2 Å². The van der Waals surface area contributed by atoms with E-state index < -0.39 is 7.37 Å². The van der Waals surface area contributed by atoms with E-state index in [0.29, 0.717) is 36.2 Å². The van der Waals surface area contributed by atoms with Crippen molar-refractivity contribution in [3.63, 3.8) is 0 Å². The Hall–Kier alpha value is -1.91. The van der Waals surface area contributed by atoms with Crippen LogP contribution < -0.4 is 9.47 Å². The Labute approximate surface area is 189 Å². The number of hydrogen-bond acceptors (Lipinski definition) is 4. The van der Waals surface area contributed by atoms with E-state index in [-0.39, 0.29) is 17.7 Å². The molecule has 1 aromatic heterocycles. The first-order valence-electron chi connectivity index (χ1n) is 11.5. The minimum atomic E-state index is -3.09. The molecule has 2 aromatic rings. The van der Waals surface area contributed by atoms with Crippen molar-refractivity contribution in [2.24, 2.45) is 11.8 Å². The average molecular weight is 462 g/mol. The lowest BCUT2D eigenvalue weighted by Crippen LogP contribution is -2.20. The first-order valence-corrected chi connectivity index (χ1v) is 13.8. The van der Waals surface area contributed by atoms with E-state index >= 15 is 0 Å². The summed E-state index contributed by atoms with van der Waals surface area (Å²) < 4.78 is 37.6. The van der Waals surface area contributed by atoms with Crippen LogP contribution in [0.15, 0.2) is 36.5 Å². The Bertz CT molecular complexity index is 966. The second-order valence-corrected chi connectivity index (χ2v) is 12.0. The maximum absolute atomic E-state index is 14.3. The van der Waals surface area contributed by atoms with Crippen LogP contribution in [-0.4, -0.2) is 36.4 Å². The summed E-state index contributed by atoms with van der Waals surface area (Å²) in [6, 6.07) is 8.86. The van der Waals surface area contributed by atoms with Crippen LogP contribution in [0, 0.1) is 17.7 Å². The average Bonchev–Trinajstić information content (AvgIpc) is 3.62. The number of rotatable bonds is 9. The SMILES string of the molecule is COc1ccc(F)c(C2CCC(COc3cc([C@@H](CP(C)(=O)O)C4CC4)ccn3)CC2)c1. The number of benzene rings is 1.